The Kier molecular flexibility index (Phi) is 4.40. The highest BCUT2D eigenvalue weighted by atomic mass is 79.9. The van der Waals surface area contributed by atoms with Crippen molar-refractivity contribution >= 4 is 15.9 Å². The van der Waals surface area contributed by atoms with Crippen molar-refractivity contribution in [2.45, 2.75) is 13.0 Å². The van der Waals surface area contributed by atoms with Crippen LogP contribution in [-0.2, 0) is 0 Å². The Morgan fingerprint density at radius 1 is 1.15 bits per heavy atom. The summed E-state index contributed by atoms with van der Waals surface area (Å²) in [5, 5.41) is 10.3. The summed E-state index contributed by atoms with van der Waals surface area (Å²) in [6.07, 6.45) is -1.39. The molecule has 0 radical (unpaired) electrons. The maximum Gasteiger partial charge on any atom is 0.135 e. The van der Waals surface area contributed by atoms with E-state index in [1.54, 1.807) is 12.1 Å². The Labute approximate surface area is 124 Å². The summed E-state index contributed by atoms with van der Waals surface area (Å²) >= 11 is 3.28. The summed E-state index contributed by atoms with van der Waals surface area (Å²) in [5.74, 6) is -1.62. The Balaban J connectivity index is 2.53. The fraction of sp³-hybridized carbons (Fsp3) is 0.200. The van der Waals surface area contributed by atoms with Crippen LogP contribution in [0.3, 0.4) is 0 Å². The van der Waals surface area contributed by atoms with Crippen LogP contribution in [0.4, 0.5) is 8.78 Å². The van der Waals surface area contributed by atoms with Crippen molar-refractivity contribution in [3.8, 4) is 5.75 Å². The number of methoxy groups -OCH3 is 1. The molecule has 20 heavy (non-hydrogen) atoms. The molecule has 0 aromatic heterocycles. The number of aliphatic hydroxyl groups is 1. The van der Waals surface area contributed by atoms with Crippen LogP contribution >= 0.6 is 15.9 Å². The Hall–Kier alpha value is -1.46. The van der Waals surface area contributed by atoms with E-state index in [1.165, 1.54) is 7.11 Å². The zero-order valence-corrected chi connectivity index (χ0v) is 12.5. The average molecular weight is 343 g/mol. The number of hydrogen-bond donors (Lipinski definition) is 1. The Morgan fingerprint density at radius 3 is 2.30 bits per heavy atom. The van der Waals surface area contributed by atoms with E-state index in [4.69, 9.17) is 4.74 Å². The third-order valence-corrected chi connectivity index (χ3v) is 3.73. The van der Waals surface area contributed by atoms with Crippen molar-refractivity contribution in [1.82, 2.24) is 0 Å². The molecule has 0 aliphatic carbocycles. The van der Waals surface area contributed by atoms with Gasteiger partial charge in [0.05, 0.1) is 12.7 Å². The third-order valence-electron chi connectivity index (χ3n) is 3.01. The zero-order valence-electron chi connectivity index (χ0n) is 11.0. The van der Waals surface area contributed by atoms with Crippen LogP contribution in [0.5, 0.6) is 5.75 Å². The summed E-state index contributed by atoms with van der Waals surface area (Å²) in [6.45, 7) is 1.84. The summed E-state index contributed by atoms with van der Waals surface area (Å²) in [4.78, 5) is 0. The van der Waals surface area contributed by atoms with Gasteiger partial charge in [-0.05, 0) is 18.6 Å². The van der Waals surface area contributed by atoms with Gasteiger partial charge in [-0.15, -0.1) is 0 Å². The molecule has 0 heterocycles. The van der Waals surface area contributed by atoms with Crippen molar-refractivity contribution in [3.05, 3.63) is 63.1 Å². The number of rotatable bonds is 3. The van der Waals surface area contributed by atoms with Crippen molar-refractivity contribution in [1.29, 1.82) is 0 Å². The van der Waals surface area contributed by atoms with E-state index >= 15 is 0 Å². The molecule has 2 aromatic rings. The average Bonchev–Trinajstić information content (AvgIpc) is 2.40. The monoisotopic (exact) mass is 342 g/mol. The van der Waals surface area contributed by atoms with Gasteiger partial charge in [0, 0.05) is 16.6 Å². The lowest BCUT2D eigenvalue weighted by Gasteiger charge is -2.16. The van der Waals surface area contributed by atoms with Crippen molar-refractivity contribution in [3.63, 3.8) is 0 Å². The minimum atomic E-state index is -1.39. The number of hydrogen-bond acceptors (Lipinski definition) is 2. The normalized spacial score (nSPS) is 12.3. The van der Waals surface area contributed by atoms with Gasteiger partial charge in [0.2, 0.25) is 0 Å². The molecule has 5 heteroatoms. The first-order valence-corrected chi connectivity index (χ1v) is 6.70. The van der Waals surface area contributed by atoms with E-state index < -0.39 is 23.3 Å². The van der Waals surface area contributed by atoms with Gasteiger partial charge in [-0.2, -0.15) is 0 Å². The Morgan fingerprint density at radius 2 is 1.75 bits per heavy atom. The van der Waals surface area contributed by atoms with Gasteiger partial charge < -0.3 is 9.84 Å². The van der Waals surface area contributed by atoms with Gasteiger partial charge in [-0.3, -0.25) is 0 Å². The molecule has 0 amide bonds. The number of aliphatic hydroxyl groups excluding tert-OH is 1. The van der Waals surface area contributed by atoms with Crippen LogP contribution in [0.25, 0.3) is 0 Å². The molecule has 1 unspecified atom stereocenters. The minimum Gasteiger partial charge on any atom is -0.497 e. The van der Waals surface area contributed by atoms with Gasteiger partial charge in [-0.1, -0.05) is 33.6 Å². The predicted octanol–water partition coefficient (Wildman–Crippen LogP) is 4.13. The number of halogens is 3. The molecule has 0 saturated carbocycles. The van der Waals surface area contributed by atoms with Crippen molar-refractivity contribution in [2.75, 3.05) is 7.11 Å². The van der Waals surface area contributed by atoms with Gasteiger partial charge in [0.1, 0.15) is 23.5 Å². The first-order valence-electron chi connectivity index (χ1n) is 5.91. The van der Waals surface area contributed by atoms with Crippen LogP contribution in [0.15, 0.2) is 34.8 Å². The van der Waals surface area contributed by atoms with Gasteiger partial charge in [-0.25, -0.2) is 8.78 Å². The molecule has 0 aliphatic heterocycles. The summed E-state index contributed by atoms with van der Waals surface area (Å²) in [7, 11) is 1.32. The van der Waals surface area contributed by atoms with Gasteiger partial charge in [0.15, 0.2) is 0 Å². The number of ether oxygens (including phenoxy) is 1. The molecule has 0 fully saturated rings. The molecule has 2 rings (SSSR count). The van der Waals surface area contributed by atoms with E-state index in [0.29, 0.717) is 10.0 Å². The maximum atomic E-state index is 14.0. The van der Waals surface area contributed by atoms with Crippen molar-refractivity contribution in [2.24, 2.45) is 0 Å². The first-order chi connectivity index (χ1) is 9.43. The van der Waals surface area contributed by atoms with Crippen molar-refractivity contribution < 1.29 is 18.6 Å². The third kappa shape index (κ3) is 2.83. The second-order valence-corrected chi connectivity index (χ2v) is 5.29. The second-order valence-electron chi connectivity index (χ2n) is 4.43. The molecule has 0 bridgehead atoms. The highest BCUT2D eigenvalue weighted by Crippen LogP contribution is 2.33. The lowest BCUT2D eigenvalue weighted by molar-refractivity contribution is 0.208. The summed E-state index contributed by atoms with van der Waals surface area (Å²) in [5.41, 5.74) is 0.904. The van der Waals surface area contributed by atoms with E-state index in [2.05, 4.69) is 15.9 Å². The van der Waals surface area contributed by atoms with E-state index in [-0.39, 0.29) is 5.75 Å². The van der Waals surface area contributed by atoms with Crippen LogP contribution in [0.2, 0.25) is 0 Å². The predicted molar refractivity (Wildman–Crippen MR) is 75.9 cm³/mol. The largest absolute Gasteiger partial charge is 0.497 e. The fourth-order valence-corrected chi connectivity index (χ4v) is 2.43. The SMILES string of the molecule is COc1cc(F)c(C(O)c2cc(C)ccc2Br)c(F)c1. The molecule has 1 N–H and O–H groups in total. The molecular weight excluding hydrogens is 330 g/mol. The topological polar surface area (TPSA) is 29.5 Å². The second kappa shape index (κ2) is 5.89. The molecule has 0 spiro atoms. The molecule has 1 atom stereocenters. The fourth-order valence-electron chi connectivity index (χ4n) is 1.97. The molecule has 0 saturated heterocycles. The van der Waals surface area contributed by atoms with Crippen LogP contribution in [0, 0.1) is 18.6 Å². The number of benzene rings is 2. The molecule has 0 aliphatic rings. The molecular formula is C15H13BrF2O2. The quantitative estimate of drug-likeness (QED) is 0.908. The molecule has 106 valence electrons. The standard InChI is InChI=1S/C15H13BrF2O2/c1-8-3-4-11(16)10(5-8)15(19)14-12(17)6-9(20-2)7-13(14)18/h3-7,15,19H,1-2H3. The maximum absolute atomic E-state index is 14.0. The van der Waals surface area contributed by atoms with E-state index in [1.807, 2.05) is 13.0 Å². The Bertz CT molecular complexity index is 621. The van der Waals surface area contributed by atoms with E-state index in [0.717, 1.165) is 17.7 Å². The highest BCUT2D eigenvalue weighted by molar-refractivity contribution is 9.10. The van der Waals surface area contributed by atoms with E-state index in [9.17, 15) is 13.9 Å². The molecule has 2 nitrogen and oxygen atoms in total. The smallest absolute Gasteiger partial charge is 0.135 e. The van der Waals surface area contributed by atoms with Gasteiger partial charge in [0.25, 0.3) is 0 Å². The van der Waals surface area contributed by atoms with Gasteiger partial charge >= 0.3 is 0 Å². The van der Waals surface area contributed by atoms with Crippen LogP contribution < -0.4 is 4.74 Å². The molecule has 2 aromatic carbocycles. The summed E-state index contributed by atoms with van der Waals surface area (Å²) < 4.78 is 33.3. The minimum absolute atomic E-state index is 0.0688. The lowest BCUT2D eigenvalue weighted by atomic mass is 9.99. The highest BCUT2D eigenvalue weighted by Gasteiger charge is 2.22. The zero-order chi connectivity index (χ0) is 14.9. The van der Waals surface area contributed by atoms with Crippen LogP contribution in [-0.4, -0.2) is 12.2 Å². The lowest BCUT2D eigenvalue weighted by Crippen LogP contribution is -2.07. The van der Waals surface area contributed by atoms with Crippen LogP contribution in [0.1, 0.15) is 22.8 Å². The number of aryl methyl sites for hydroxylation is 1. The first kappa shape index (κ1) is 14.9. The summed E-state index contributed by atoms with van der Waals surface area (Å²) in [6, 6.07) is 7.34.